The molecule has 18 heavy (non-hydrogen) atoms. The van der Waals surface area contributed by atoms with E-state index in [1.54, 1.807) is 17.4 Å². The Bertz CT molecular complexity index is 560. The average Bonchev–Trinajstić information content (AvgIpc) is 2.72. The lowest BCUT2D eigenvalue weighted by molar-refractivity contribution is 0.0951. The first kappa shape index (κ1) is 13.1. The van der Waals surface area contributed by atoms with Gasteiger partial charge in [0.15, 0.2) is 0 Å². The van der Waals surface area contributed by atoms with Crippen LogP contribution in [0.5, 0.6) is 0 Å². The number of aryl methyl sites for hydroxylation is 1. The molecule has 0 aliphatic rings. The third-order valence-corrected chi connectivity index (χ3v) is 4.27. The molecule has 0 saturated carbocycles. The Hall–Kier alpha value is -1.33. The van der Waals surface area contributed by atoms with Gasteiger partial charge < -0.3 is 11.1 Å². The molecule has 1 amide bonds. The fraction of sp³-hybridized carbons (Fsp3) is 0.154. The van der Waals surface area contributed by atoms with Crippen LogP contribution < -0.4 is 11.1 Å². The van der Waals surface area contributed by atoms with Crippen molar-refractivity contribution in [2.45, 2.75) is 13.5 Å². The predicted molar refractivity (Wildman–Crippen MR) is 78.8 cm³/mol. The van der Waals surface area contributed by atoms with Gasteiger partial charge in [-0.05, 0) is 40.5 Å². The molecule has 0 bridgehead atoms. The summed E-state index contributed by atoms with van der Waals surface area (Å²) >= 11 is 4.99. The molecule has 1 aromatic carbocycles. The fourth-order valence-electron chi connectivity index (χ4n) is 1.70. The van der Waals surface area contributed by atoms with Gasteiger partial charge in [0.25, 0.3) is 5.91 Å². The van der Waals surface area contributed by atoms with Gasteiger partial charge in [0.2, 0.25) is 0 Å². The number of nitrogens with two attached hydrogens (primary N) is 1. The van der Waals surface area contributed by atoms with E-state index in [2.05, 4.69) is 21.2 Å². The Labute approximate surface area is 118 Å². The second-order valence-corrected chi connectivity index (χ2v) is 5.86. The molecule has 2 rings (SSSR count). The lowest BCUT2D eigenvalue weighted by atomic mass is 10.1. The number of rotatable bonds is 3. The molecular weight excluding hydrogens is 312 g/mol. The SMILES string of the molecule is Cc1cccc(N)c1C(=O)NCc1cc(Br)cs1. The lowest BCUT2D eigenvalue weighted by Gasteiger charge is -2.09. The number of nitrogens with one attached hydrogen (secondary N) is 1. The molecule has 0 fully saturated rings. The number of thiophene rings is 1. The normalized spacial score (nSPS) is 10.3. The molecule has 0 spiro atoms. The molecule has 0 radical (unpaired) electrons. The molecule has 1 aromatic heterocycles. The second kappa shape index (κ2) is 5.54. The number of nitrogen functional groups attached to an aromatic ring is 1. The standard InChI is InChI=1S/C13H13BrN2OS/c1-8-3-2-4-11(15)12(8)13(17)16-6-10-5-9(14)7-18-10/h2-5,7H,6,15H2,1H3,(H,16,17). The Morgan fingerprint density at radius 1 is 1.50 bits per heavy atom. The Morgan fingerprint density at radius 2 is 2.28 bits per heavy atom. The minimum Gasteiger partial charge on any atom is -0.398 e. The zero-order valence-corrected chi connectivity index (χ0v) is 12.3. The minimum absolute atomic E-state index is 0.130. The summed E-state index contributed by atoms with van der Waals surface area (Å²) in [4.78, 5) is 13.2. The first-order chi connectivity index (χ1) is 8.58. The van der Waals surface area contributed by atoms with Crippen molar-refractivity contribution in [1.82, 2.24) is 5.32 Å². The Kier molecular flexibility index (Phi) is 4.04. The van der Waals surface area contributed by atoms with E-state index in [4.69, 9.17) is 5.73 Å². The largest absolute Gasteiger partial charge is 0.398 e. The summed E-state index contributed by atoms with van der Waals surface area (Å²) in [6.07, 6.45) is 0. The van der Waals surface area contributed by atoms with E-state index in [0.717, 1.165) is 14.9 Å². The summed E-state index contributed by atoms with van der Waals surface area (Å²) in [6, 6.07) is 7.46. The van der Waals surface area contributed by atoms with Crippen molar-refractivity contribution in [2.24, 2.45) is 0 Å². The number of amides is 1. The quantitative estimate of drug-likeness (QED) is 0.851. The summed E-state index contributed by atoms with van der Waals surface area (Å²) in [5, 5.41) is 4.87. The zero-order valence-electron chi connectivity index (χ0n) is 9.87. The molecule has 5 heteroatoms. The van der Waals surface area contributed by atoms with Crippen molar-refractivity contribution in [3.8, 4) is 0 Å². The van der Waals surface area contributed by atoms with Crippen molar-refractivity contribution >= 4 is 38.9 Å². The van der Waals surface area contributed by atoms with E-state index in [-0.39, 0.29) is 5.91 Å². The van der Waals surface area contributed by atoms with Gasteiger partial charge in [0.05, 0.1) is 12.1 Å². The van der Waals surface area contributed by atoms with Gasteiger partial charge in [0.1, 0.15) is 0 Å². The molecule has 0 saturated heterocycles. The van der Waals surface area contributed by atoms with E-state index >= 15 is 0 Å². The fourth-order valence-corrected chi connectivity index (χ4v) is 3.09. The molecule has 94 valence electrons. The first-order valence-electron chi connectivity index (χ1n) is 5.44. The van der Waals surface area contributed by atoms with Crippen LogP contribution in [0.1, 0.15) is 20.8 Å². The van der Waals surface area contributed by atoms with E-state index in [0.29, 0.717) is 17.8 Å². The van der Waals surface area contributed by atoms with Gasteiger partial charge in [-0.15, -0.1) is 11.3 Å². The number of carbonyl (C=O) groups is 1. The van der Waals surface area contributed by atoms with E-state index in [1.807, 2.05) is 30.5 Å². The zero-order chi connectivity index (χ0) is 13.1. The highest BCUT2D eigenvalue weighted by molar-refractivity contribution is 9.10. The highest BCUT2D eigenvalue weighted by Gasteiger charge is 2.12. The molecule has 1 heterocycles. The number of benzene rings is 1. The van der Waals surface area contributed by atoms with Gasteiger partial charge >= 0.3 is 0 Å². The van der Waals surface area contributed by atoms with Crippen molar-refractivity contribution in [1.29, 1.82) is 0 Å². The molecule has 0 aliphatic carbocycles. The van der Waals surface area contributed by atoms with Crippen molar-refractivity contribution in [3.05, 3.63) is 50.1 Å². The number of carbonyl (C=O) groups excluding carboxylic acids is 1. The first-order valence-corrected chi connectivity index (χ1v) is 7.11. The van der Waals surface area contributed by atoms with E-state index in [9.17, 15) is 4.79 Å². The van der Waals surface area contributed by atoms with Gasteiger partial charge in [-0.2, -0.15) is 0 Å². The van der Waals surface area contributed by atoms with Crippen LogP contribution in [0.3, 0.4) is 0 Å². The molecule has 2 aromatic rings. The Morgan fingerprint density at radius 3 is 2.89 bits per heavy atom. The minimum atomic E-state index is -0.130. The highest BCUT2D eigenvalue weighted by Crippen LogP contribution is 2.20. The van der Waals surface area contributed by atoms with Crippen LogP contribution >= 0.6 is 27.3 Å². The van der Waals surface area contributed by atoms with Crippen LogP contribution in [0.4, 0.5) is 5.69 Å². The monoisotopic (exact) mass is 324 g/mol. The van der Waals surface area contributed by atoms with Gasteiger partial charge in [-0.1, -0.05) is 12.1 Å². The van der Waals surface area contributed by atoms with Gasteiger partial charge in [-0.3, -0.25) is 4.79 Å². The summed E-state index contributed by atoms with van der Waals surface area (Å²) in [5.41, 5.74) is 7.80. The van der Waals surface area contributed by atoms with Crippen LogP contribution in [-0.2, 0) is 6.54 Å². The number of halogens is 1. The van der Waals surface area contributed by atoms with Crippen molar-refractivity contribution in [3.63, 3.8) is 0 Å². The number of anilines is 1. The average molecular weight is 325 g/mol. The summed E-state index contributed by atoms with van der Waals surface area (Å²) < 4.78 is 1.03. The number of hydrogen-bond donors (Lipinski definition) is 2. The molecule has 3 nitrogen and oxygen atoms in total. The van der Waals surface area contributed by atoms with Crippen LogP contribution in [0, 0.1) is 6.92 Å². The molecule has 0 aliphatic heterocycles. The smallest absolute Gasteiger partial charge is 0.253 e. The maximum absolute atomic E-state index is 12.1. The maximum atomic E-state index is 12.1. The van der Waals surface area contributed by atoms with Gasteiger partial charge in [-0.25, -0.2) is 0 Å². The van der Waals surface area contributed by atoms with Gasteiger partial charge in [0, 0.05) is 20.4 Å². The summed E-state index contributed by atoms with van der Waals surface area (Å²) in [7, 11) is 0. The van der Waals surface area contributed by atoms with E-state index < -0.39 is 0 Å². The van der Waals surface area contributed by atoms with Crippen molar-refractivity contribution < 1.29 is 4.79 Å². The Balaban J connectivity index is 2.08. The predicted octanol–water partition coefficient (Wildman–Crippen LogP) is 3.33. The maximum Gasteiger partial charge on any atom is 0.253 e. The van der Waals surface area contributed by atoms with Crippen LogP contribution in [0.2, 0.25) is 0 Å². The summed E-state index contributed by atoms with van der Waals surface area (Å²) in [5.74, 6) is -0.130. The molecule has 0 unspecified atom stereocenters. The van der Waals surface area contributed by atoms with Crippen LogP contribution in [0.15, 0.2) is 34.1 Å². The van der Waals surface area contributed by atoms with E-state index in [1.165, 1.54) is 0 Å². The number of hydrogen-bond acceptors (Lipinski definition) is 3. The molecule has 3 N–H and O–H groups in total. The van der Waals surface area contributed by atoms with Crippen LogP contribution in [-0.4, -0.2) is 5.91 Å². The topological polar surface area (TPSA) is 55.1 Å². The summed E-state index contributed by atoms with van der Waals surface area (Å²) in [6.45, 7) is 2.40. The molecular formula is C13H13BrN2OS. The second-order valence-electron chi connectivity index (χ2n) is 3.95. The third kappa shape index (κ3) is 2.91. The lowest BCUT2D eigenvalue weighted by Crippen LogP contribution is -2.24. The molecule has 0 atom stereocenters. The van der Waals surface area contributed by atoms with Crippen molar-refractivity contribution in [2.75, 3.05) is 5.73 Å². The third-order valence-electron chi connectivity index (χ3n) is 2.58. The van der Waals surface area contributed by atoms with Crippen LogP contribution in [0.25, 0.3) is 0 Å². The highest BCUT2D eigenvalue weighted by atomic mass is 79.9.